The molecule has 0 bridgehead atoms. The summed E-state index contributed by atoms with van der Waals surface area (Å²) < 4.78 is 5.84. The van der Waals surface area contributed by atoms with Crippen LogP contribution in [0.5, 0.6) is 0 Å². The van der Waals surface area contributed by atoms with Crippen LogP contribution in [-0.2, 0) is 18.5 Å². The molecule has 0 unspecified atom stereocenters. The molecule has 0 radical (unpaired) electrons. The molecule has 1 aliphatic heterocycles. The van der Waals surface area contributed by atoms with Crippen LogP contribution in [0.2, 0.25) is 0 Å². The van der Waals surface area contributed by atoms with Gasteiger partial charge in [-0.2, -0.15) is 0 Å². The van der Waals surface area contributed by atoms with Crippen LogP contribution < -0.4 is 15.5 Å². The average Bonchev–Trinajstić information content (AvgIpc) is 3.36. The minimum Gasteiger partial charge on any atom is -0.443 e. The van der Waals surface area contributed by atoms with Crippen molar-refractivity contribution in [2.75, 3.05) is 24.5 Å². The number of hydrogen-bond acceptors (Lipinski definition) is 5. The fourth-order valence-electron chi connectivity index (χ4n) is 3.09. The summed E-state index contributed by atoms with van der Waals surface area (Å²) in [6.45, 7) is 12.5. The fourth-order valence-corrected chi connectivity index (χ4v) is 3.09. The first kappa shape index (κ1) is 20.2. The second-order valence-corrected chi connectivity index (χ2v) is 8.13. The van der Waals surface area contributed by atoms with Gasteiger partial charge in [-0.15, -0.1) is 0 Å². The Morgan fingerprint density at radius 1 is 1.21 bits per heavy atom. The normalized spacial score (nSPS) is 15.1. The lowest BCUT2D eigenvalue weighted by Crippen LogP contribution is -2.36. The van der Waals surface area contributed by atoms with E-state index in [1.165, 1.54) is 12.8 Å². The van der Waals surface area contributed by atoms with E-state index in [1.807, 2.05) is 12.3 Å². The molecule has 1 saturated heterocycles. The largest absolute Gasteiger partial charge is 0.443 e. The third kappa shape index (κ3) is 5.47. The topological polar surface area (TPSA) is 78.6 Å². The molecule has 7 nitrogen and oxygen atoms in total. The van der Waals surface area contributed by atoms with Crippen LogP contribution in [0.15, 0.2) is 33.9 Å². The monoisotopic (exact) mass is 384 g/mol. The summed E-state index contributed by atoms with van der Waals surface area (Å²) in [5.41, 5.74) is 1.11. The molecule has 3 rings (SSSR count). The van der Waals surface area contributed by atoms with E-state index in [9.17, 15) is 0 Å². The predicted octanol–water partition coefficient (Wildman–Crippen LogP) is 3.22. The molecule has 1 fully saturated rings. The number of anilines is 1. The first-order valence-electron chi connectivity index (χ1n) is 10.1. The molecule has 1 aliphatic rings. The van der Waals surface area contributed by atoms with Crippen molar-refractivity contribution < 1.29 is 4.42 Å². The van der Waals surface area contributed by atoms with Crippen molar-refractivity contribution in [2.45, 2.75) is 59.0 Å². The predicted molar refractivity (Wildman–Crippen MR) is 113 cm³/mol. The molecule has 2 aromatic heterocycles. The number of hydrogen-bond donors (Lipinski definition) is 2. The SMILES string of the molecule is CCNC(=NCc1ccnc(N2CCCC2)c1)NCc1ncc(C(C)(C)C)o1. The Balaban J connectivity index is 1.61. The lowest BCUT2D eigenvalue weighted by Gasteiger charge is -2.16. The van der Waals surface area contributed by atoms with Crippen LogP contribution in [0.4, 0.5) is 5.82 Å². The molecular formula is C21H32N6O. The molecule has 152 valence electrons. The molecule has 0 aliphatic carbocycles. The Labute approximate surface area is 167 Å². The lowest BCUT2D eigenvalue weighted by atomic mass is 9.94. The number of guanidine groups is 1. The zero-order valence-electron chi connectivity index (χ0n) is 17.5. The van der Waals surface area contributed by atoms with Crippen LogP contribution in [0, 0.1) is 0 Å². The second kappa shape index (κ2) is 9.08. The molecule has 0 amide bonds. The van der Waals surface area contributed by atoms with Gasteiger partial charge in [-0.1, -0.05) is 20.8 Å². The summed E-state index contributed by atoms with van der Waals surface area (Å²) in [5.74, 6) is 3.35. The van der Waals surface area contributed by atoms with Crippen LogP contribution in [0.1, 0.15) is 57.8 Å². The average molecular weight is 385 g/mol. The van der Waals surface area contributed by atoms with Crippen molar-refractivity contribution in [3.63, 3.8) is 0 Å². The van der Waals surface area contributed by atoms with Gasteiger partial charge in [0.2, 0.25) is 5.89 Å². The summed E-state index contributed by atoms with van der Waals surface area (Å²) in [7, 11) is 0. The Kier molecular flexibility index (Phi) is 6.54. The highest BCUT2D eigenvalue weighted by Gasteiger charge is 2.19. The van der Waals surface area contributed by atoms with Crippen LogP contribution in [-0.4, -0.2) is 35.6 Å². The maximum Gasteiger partial charge on any atom is 0.213 e. The van der Waals surface area contributed by atoms with E-state index in [0.717, 1.165) is 42.7 Å². The second-order valence-electron chi connectivity index (χ2n) is 8.13. The number of pyridine rings is 1. The number of aromatic nitrogens is 2. The van der Waals surface area contributed by atoms with Gasteiger partial charge in [0.1, 0.15) is 11.6 Å². The molecule has 7 heteroatoms. The summed E-state index contributed by atoms with van der Waals surface area (Å²) in [6.07, 6.45) is 6.17. The minimum absolute atomic E-state index is 0.0434. The number of nitrogens with zero attached hydrogens (tertiary/aromatic N) is 4. The van der Waals surface area contributed by atoms with Crippen LogP contribution in [0.3, 0.4) is 0 Å². The molecule has 0 aromatic carbocycles. The lowest BCUT2D eigenvalue weighted by molar-refractivity contribution is 0.379. The highest BCUT2D eigenvalue weighted by molar-refractivity contribution is 5.79. The molecule has 3 heterocycles. The first-order chi connectivity index (χ1) is 13.5. The van der Waals surface area contributed by atoms with Gasteiger partial charge < -0.3 is 20.0 Å². The van der Waals surface area contributed by atoms with Gasteiger partial charge in [-0.25, -0.2) is 15.0 Å². The van der Waals surface area contributed by atoms with Gasteiger partial charge in [0.25, 0.3) is 0 Å². The van der Waals surface area contributed by atoms with E-state index < -0.39 is 0 Å². The molecule has 0 saturated carbocycles. The molecule has 28 heavy (non-hydrogen) atoms. The summed E-state index contributed by atoms with van der Waals surface area (Å²) in [4.78, 5) is 15.9. The van der Waals surface area contributed by atoms with E-state index >= 15 is 0 Å². The van der Waals surface area contributed by atoms with Gasteiger partial charge in [0, 0.05) is 31.2 Å². The van der Waals surface area contributed by atoms with Gasteiger partial charge in [0.15, 0.2) is 5.96 Å². The zero-order valence-corrected chi connectivity index (χ0v) is 17.5. The van der Waals surface area contributed by atoms with E-state index in [0.29, 0.717) is 19.0 Å². The standard InChI is InChI=1S/C21H32N6O/c1-5-22-20(26-15-19-24-14-17(28-19)21(2,3)4)25-13-16-8-9-23-18(12-16)27-10-6-7-11-27/h8-9,12,14H,5-7,10-11,13,15H2,1-4H3,(H2,22,25,26). The highest BCUT2D eigenvalue weighted by Crippen LogP contribution is 2.22. The Morgan fingerprint density at radius 3 is 2.68 bits per heavy atom. The fraction of sp³-hybridized carbons (Fsp3) is 0.571. The van der Waals surface area contributed by atoms with Crippen molar-refractivity contribution in [2.24, 2.45) is 4.99 Å². The number of nitrogens with one attached hydrogen (secondary N) is 2. The van der Waals surface area contributed by atoms with Crippen molar-refractivity contribution in [1.82, 2.24) is 20.6 Å². The summed E-state index contributed by atoms with van der Waals surface area (Å²) in [5, 5.41) is 6.57. The van der Waals surface area contributed by atoms with Gasteiger partial charge in [-0.3, -0.25) is 0 Å². The zero-order chi connectivity index (χ0) is 20.0. The quantitative estimate of drug-likeness (QED) is 0.588. The number of rotatable bonds is 6. The maximum absolute atomic E-state index is 5.84. The summed E-state index contributed by atoms with van der Waals surface area (Å²) >= 11 is 0. The molecule has 2 N–H and O–H groups in total. The Hall–Kier alpha value is -2.57. The Bertz CT molecular complexity index is 786. The molecule has 0 spiro atoms. The third-order valence-corrected chi connectivity index (χ3v) is 4.70. The van der Waals surface area contributed by atoms with Crippen molar-refractivity contribution >= 4 is 11.8 Å². The first-order valence-corrected chi connectivity index (χ1v) is 10.1. The molecular weight excluding hydrogens is 352 g/mol. The number of aliphatic imine (C=N–C) groups is 1. The van der Waals surface area contributed by atoms with Crippen LogP contribution >= 0.6 is 0 Å². The Morgan fingerprint density at radius 2 is 2.00 bits per heavy atom. The minimum atomic E-state index is -0.0434. The smallest absolute Gasteiger partial charge is 0.213 e. The number of oxazole rings is 1. The van der Waals surface area contributed by atoms with E-state index in [-0.39, 0.29) is 5.41 Å². The van der Waals surface area contributed by atoms with E-state index in [4.69, 9.17) is 9.41 Å². The molecule has 0 atom stereocenters. The van der Waals surface area contributed by atoms with Gasteiger partial charge in [-0.05, 0) is 37.5 Å². The van der Waals surface area contributed by atoms with E-state index in [2.05, 4.69) is 59.3 Å². The van der Waals surface area contributed by atoms with Crippen LogP contribution in [0.25, 0.3) is 0 Å². The van der Waals surface area contributed by atoms with E-state index in [1.54, 1.807) is 6.20 Å². The maximum atomic E-state index is 5.84. The highest BCUT2D eigenvalue weighted by atomic mass is 16.4. The van der Waals surface area contributed by atoms with Gasteiger partial charge >= 0.3 is 0 Å². The summed E-state index contributed by atoms with van der Waals surface area (Å²) in [6, 6.07) is 4.17. The molecule has 2 aromatic rings. The van der Waals surface area contributed by atoms with Crippen molar-refractivity contribution in [3.05, 3.63) is 41.7 Å². The van der Waals surface area contributed by atoms with Crippen molar-refractivity contribution in [1.29, 1.82) is 0 Å². The third-order valence-electron chi connectivity index (χ3n) is 4.70. The van der Waals surface area contributed by atoms with Crippen molar-refractivity contribution in [3.8, 4) is 0 Å². The van der Waals surface area contributed by atoms with Gasteiger partial charge in [0.05, 0.1) is 19.3 Å².